The molecule has 110 valence electrons. The van der Waals surface area contributed by atoms with Crippen LogP contribution in [-0.4, -0.2) is 21.0 Å². The Labute approximate surface area is 124 Å². The van der Waals surface area contributed by atoms with Gasteiger partial charge in [0.05, 0.1) is 24.9 Å². The van der Waals surface area contributed by atoms with Gasteiger partial charge in [-0.3, -0.25) is 4.68 Å². The van der Waals surface area contributed by atoms with Crippen molar-refractivity contribution in [3.05, 3.63) is 48.4 Å². The van der Waals surface area contributed by atoms with Crippen LogP contribution in [0.15, 0.2) is 42.9 Å². The Bertz CT molecular complexity index is 727. The zero-order chi connectivity index (χ0) is 14.7. The monoisotopic (exact) mass is 283 g/mol. The zero-order valence-corrected chi connectivity index (χ0v) is 12.6. The first-order chi connectivity index (χ1) is 10.3. The number of hydrogen-bond donors (Lipinski definition) is 0. The van der Waals surface area contributed by atoms with Crippen molar-refractivity contribution >= 4 is 10.9 Å². The van der Waals surface area contributed by atoms with Gasteiger partial charge in [0.25, 0.3) is 0 Å². The van der Waals surface area contributed by atoms with Crippen molar-refractivity contribution < 1.29 is 4.74 Å². The Morgan fingerprint density at radius 1 is 1.19 bits per heavy atom. The van der Waals surface area contributed by atoms with E-state index in [2.05, 4.69) is 54.1 Å². The largest absolute Gasteiger partial charge is 0.493 e. The molecule has 0 atom stereocenters. The van der Waals surface area contributed by atoms with Gasteiger partial charge in [0.1, 0.15) is 5.75 Å². The lowest BCUT2D eigenvalue weighted by molar-refractivity contribution is 0.321. The van der Waals surface area contributed by atoms with Gasteiger partial charge in [0.15, 0.2) is 0 Å². The van der Waals surface area contributed by atoms with E-state index in [1.165, 1.54) is 16.5 Å². The van der Waals surface area contributed by atoms with Gasteiger partial charge in [-0.05, 0) is 31.5 Å². The summed E-state index contributed by atoms with van der Waals surface area (Å²) in [4.78, 5) is 0. The predicted molar refractivity (Wildman–Crippen MR) is 84.7 cm³/mol. The molecule has 2 heterocycles. The molecule has 0 bridgehead atoms. The number of rotatable bonds is 6. The molecule has 0 N–H and O–H groups in total. The summed E-state index contributed by atoms with van der Waals surface area (Å²) in [5.41, 5.74) is 2.42. The third-order valence-corrected chi connectivity index (χ3v) is 3.60. The Kier molecular flexibility index (Phi) is 3.95. The molecule has 0 radical (unpaired) electrons. The van der Waals surface area contributed by atoms with Crippen LogP contribution >= 0.6 is 0 Å². The van der Waals surface area contributed by atoms with E-state index in [1.54, 1.807) is 0 Å². The van der Waals surface area contributed by atoms with Crippen LogP contribution in [0.1, 0.15) is 25.8 Å². The van der Waals surface area contributed by atoms with Gasteiger partial charge in [0, 0.05) is 29.9 Å². The maximum absolute atomic E-state index is 5.82. The lowest BCUT2D eigenvalue weighted by atomic mass is 10.2. The van der Waals surface area contributed by atoms with Crippen molar-refractivity contribution in [1.82, 2.24) is 14.3 Å². The lowest BCUT2D eigenvalue weighted by Crippen LogP contribution is -1.98. The summed E-state index contributed by atoms with van der Waals surface area (Å²) >= 11 is 0. The van der Waals surface area contributed by atoms with E-state index in [-0.39, 0.29) is 0 Å². The molecule has 3 aromatic rings. The number of aromatic nitrogens is 3. The summed E-state index contributed by atoms with van der Waals surface area (Å²) in [5, 5.41) is 5.51. The molecule has 2 aromatic heterocycles. The Morgan fingerprint density at radius 2 is 2.10 bits per heavy atom. The minimum atomic E-state index is 0.758. The standard InChI is InChI=1S/C17H21N3O/c1-3-10-21-17-7-5-6-16-15(17)8-9-19(16)12-14-11-18-20(4-2)13-14/h5-9,11,13H,3-4,10,12H2,1-2H3. The molecule has 1 aromatic carbocycles. The average Bonchev–Trinajstić information content (AvgIpc) is 3.13. The summed E-state index contributed by atoms with van der Waals surface area (Å²) < 4.78 is 10.0. The second-order valence-electron chi connectivity index (χ2n) is 5.19. The molecule has 0 fully saturated rings. The summed E-state index contributed by atoms with van der Waals surface area (Å²) in [5.74, 6) is 0.970. The van der Waals surface area contributed by atoms with Crippen molar-refractivity contribution in [3.8, 4) is 5.75 Å². The number of hydrogen-bond acceptors (Lipinski definition) is 2. The van der Waals surface area contributed by atoms with Crippen molar-refractivity contribution in [2.45, 2.75) is 33.4 Å². The minimum absolute atomic E-state index is 0.758. The first kappa shape index (κ1) is 13.7. The Morgan fingerprint density at radius 3 is 2.86 bits per heavy atom. The molecule has 21 heavy (non-hydrogen) atoms. The van der Waals surface area contributed by atoms with E-state index in [0.717, 1.165) is 31.9 Å². The molecular weight excluding hydrogens is 262 g/mol. The highest BCUT2D eigenvalue weighted by molar-refractivity contribution is 5.86. The highest BCUT2D eigenvalue weighted by atomic mass is 16.5. The molecule has 0 amide bonds. The van der Waals surface area contributed by atoms with Crippen LogP contribution in [0.4, 0.5) is 0 Å². The summed E-state index contributed by atoms with van der Waals surface area (Å²) in [6.07, 6.45) is 7.18. The van der Waals surface area contributed by atoms with Crippen LogP contribution in [0.5, 0.6) is 5.75 Å². The second kappa shape index (κ2) is 6.04. The third-order valence-electron chi connectivity index (χ3n) is 3.60. The van der Waals surface area contributed by atoms with Crippen molar-refractivity contribution in [3.63, 3.8) is 0 Å². The molecule has 0 unspecified atom stereocenters. The summed E-state index contributed by atoms with van der Waals surface area (Å²) in [7, 11) is 0. The fraction of sp³-hybridized carbons (Fsp3) is 0.353. The van der Waals surface area contributed by atoms with Gasteiger partial charge < -0.3 is 9.30 Å². The molecule has 0 aliphatic heterocycles. The maximum atomic E-state index is 5.82. The fourth-order valence-electron chi connectivity index (χ4n) is 2.53. The topological polar surface area (TPSA) is 32.0 Å². The SMILES string of the molecule is CCCOc1cccc2c1ccn2Cc1cnn(CC)c1. The van der Waals surface area contributed by atoms with Gasteiger partial charge in [-0.15, -0.1) is 0 Å². The van der Waals surface area contributed by atoms with E-state index >= 15 is 0 Å². The van der Waals surface area contributed by atoms with E-state index < -0.39 is 0 Å². The maximum Gasteiger partial charge on any atom is 0.128 e. The molecule has 0 saturated carbocycles. The van der Waals surface area contributed by atoms with Crippen LogP contribution in [-0.2, 0) is 13.1 Å². The van der Waals surface area contributed by atoms with Crippen molar-refractivity contribution in [2.24, 2.45) is 0 Å². The fourth-order valence-corrected chi connectivity index (χ4v) is 2.53. The molecule has 3 rings (SSSR count). The van der Waals surface area contributed by atoms with E-state index in [0.29, 0.717) is 0 Å². The highest BCUT2D eigenvalue weighted by Gasteiger charge is 2.07. The van der Waals surface area contributed by atoms with Crippen molar-refractivity contribution in [1.29, 1.82) is 0 Å². The first-order valence-corrected chi connectivity index (χ1v) is 7.53. The molecule has 4 heteroatoms. The van der Waals surface area contributed by atoms with E-state index in [4.69, 9.17) is 4.74 Å². The first-order valence-electron chi connectivity index (χ1n) is 7.53. The number of fused-ring (bicyclic) bond motifs is 1. The lowest BCUT2D eigenvalue weighted by Gasteiger charge is -2.07. The van der Waals surface area contributed by atoms with Crippen LogP contribution in [0, 0.1) is 0 Å². The van der Waals surface area contributed by atoms with E-state index in [1.807, 2.05) is 16.9 Å². The van der Waals surface area contributed by atoms with Crippen LogP contribution in [0.3, 0.4) is 0 Å². The molecule has 0 saturated heterocycles. The summed E-state index contributed by atoms with van der Waals surface area (Å²) in [6, 6.07) is 8.36. The van der Waals surface area contributed by atoms with E-state index in [9.17, 15) is 0 Å². The Balaban J connectivity index is 1.89. The smallest absolute Gasteiger partial charge is 0.128 e. The van der Waals surface area contributed by atoms with Crippen LogP contribution < -0.4 is 4.74 Å². The number of ether oxygens (including phenoxy) is 1. The molecule has 0 aliphatic carbocycles. The third kappa shape index (κ3) is 2.79. The van der Waals surface area contributed by atoms with Gasteiger partial charge in [-0.1, -0.05) is 13.0 Å². The Hall–Kier alpha value is -2.23. The molecule has 4 nitrogen and oxygen atoms in total. The van der Waals surface area contributed by atoms with Crippen LogP contribution in [0.2, 0.25) is 0 Å². The van der Waals surface area contributed by atoms with Crippen LogP contribution in [0.25, 0.3) is 10.9 Å². The molecule has 0 spiro atoms. The van der Waals surface area contributed by atoms with Gasteiger partial charge in [-0.25, -0.2) is 0 Å². The summed E-state index contributed by atoms with van der Waals surface area (Å²) in [6.45, 7) is 6.71. The number of nitrogens with zero attached hydrogens (tertiary/aromatic N) is 3. The number of benzene rings is 1. The van der Waals surface area contributed by atoms with Gasteiger partial charge in [-0.2, -0.15) is 5.10 Å². The zero-order valence-electron chi connectivity index (χ0n) is 12.6. The highest BCUT2D eigenvalue weighted by Crippen LogP contribution is 2.27. The second-order valence-corrected chi connectivity index (χ2v) is 5.19. The average molecular weight is 283 g/mol. The molecule has 0 aliphatic rings. The quantitative estimate of drug-likeness (QED) is 0.691. The molecular formula is C17H21N3O. The predicted octanol–water partition coefficient (Wildman–Crippen LogP) is 3.69. The van der Waals surface area contributed by atoms with Gasteiger partial charge >= 0.3 is 0 Å². The van der Waals surface area contributed by atoms with Gasteiger partial charge in [0.2, 0.25) is 0 Å². The normalized spacial score (nSPS) is 11.1. The number of aryl methyl sites for hydroxylation is 1. The minimum Gasteiger partial charge on any atom is -0.493 e. The van der Waals surface area contributed by atoms with Crippen molar-refractivity contribution in [2.75, 3.05) is 6.61 Å².